The molecule has 0 aliphatic carbocycles. The molecule has 3 aromatic heterocycles. The summed E-state index contributed by atoms with van der Waals surface area (Å²) in [5.41, 5.74) is 0.708. The van der Waals surface area contributed by atoms with Crippen molar-refractivity contribution in [2.45, 2.75) is 13.8 Å². The van der Waals surface area contributed by atoms with E-state index in [1.54, 1.807) is 25.1 Å². The van der Waals surface area contributed by atoms with E-state index in [-0.39, 0.29) is 11.9 Å². The van der Waals surface area contributed by atoms with E-state index in [1.165, 1.54) is 11.3 Å². The van der Waals surface area contributed by atoms with E-state index < -0.39 is 0 Å². The molecular formula is C13H10ClN3O3S. The molecule has 0 aromatic carbocycles. The van der Waals surface area contributed by atoms with Crippen molar-refractivity contribution in [1.82, 2.24) is 10.2 Å². The molecular weight excluding hydrogens is 314 g/mol. The van der Waals surface area contributed by atoms with Crippen molar-refractivity contribution in [1.29, 1.82) is 0 Å². The van der Waals surface area contributed by atoms with Crippen molar-refractivity contribution >= 4 is 34.9 Å². The summed E-state index contributed by atoms with van der Waals surface area (Å²) in [4.78, 5) is 12.4. The molecule has 6 nitrogen and oxygen atoms in total. The van der Waals surface area contributed by atoms with E-state index in [9.17, 15) is 4.79 Å². The molecule has 21 heavy (non-hydrogen) atoms. The Bertz CT molecular complexity index is 805. The Morgan fingerprint density at radius 2 is 2.10 bits per heavy atom. The third-order valence-corrected chi connectivity index (χ3v) is 3.94. The molecule has 0 atom stereocenters. The SMILES string of the molecule is Cc1cc(-c2nnc(NC(=O)c3ccc(Cl)s3)o2)c(C)o1. The van der Waals surface area contributed by atoms with Crippen molar-refractivity contribution in [3.8, 4) is 11.5 Å². The number of halogens is 1. The van der Waals surface area contributed by atoms with E-state index in [1.807, 2.05) is 6.92 Å². The van der Waals surface area contributed by atoms with Crippen LogP contribution >= 0.6 is 22.9 Å². The number of carbonyl (C=O) groups excluding carboxylic acids is 1. The Labute approximate surface area is 128 Å². The van der Waals surface area contributed by atoms with Gasteiger partial charge in [0.1, 0.15) is 11.5 Å². The topological polar surface area (TPSA) is 81.2 Å². The zero-order valence-corrected chi connectivity index (χ0v) is 12.7. The number of carbonyl (C=O) groups is 1. The number of aryl methyl sites for hydroxylation is 2. The Balaban J connectivity index is 1.79. The van der Waals surface area contributed by atoms with Crippen LogP contribution in [0.15, 0.2) is 27.0 Å². The lowest BCUT2D eigenvalue weighted by atomic mass is 10.2. The van der Waals surface area contributed by atoms with Gasteiger partial charge in [0.25, 0.3) is 11.8 Å². The zero-order chi connectivity index (χ0) is 15.0. The molecule has 0 aliphatic heterocycles. The number of thiophene rings is 1. The number of nitrogens with zero attached hydrogens (tertiary/aromatic N) is 2. The molecule has 1 amide bonds. The van der Waals surface area contributed by atoms with Gasteiger partial charge in [0.15, 0.2) is 0 Å². The highest BCUT2D eigenvalue weighted by atomic mass is 35.5. The number of aromatic nitrogens is 2. The molecule has 0 bridgehead atoms. The highest BCUT2D eigenvalue weighted by Gasteiger charge is 2.17. The van der Waals surface area contributed by atoms with Crippen molar-refractivity contribution in [3.05, 3.63) is 38.9 Å². The summed E-state index contributed by atoms with van der Waals surface area (Å²) >= 11 is 6.96. The minimum atomic E-state index is -0.345. The first kappa shape index (κ1) is 13.8. The first-order valence-electron chi connectivity index (χ1n) is 6.00. The van der Waals surface area contributed by atoms with Gasteiger partial charge in [0.2, 0.25) is 0 Å². The van der Waals surface area contributed by atoms with Crippen LogP contribution in [0.25, 0.3) is 11.5 Å². The predicted molar refractivity (Wildman–Crippen MR) is 78.8 cm³/mol. The maximum absolute atomic E-state index is 11.9. The summed E-state index contributed by atoms with van der Waals surface area (Å²) < 4.78 is 11.4. The number of hydrogen-bond acceptors (Lipinski definition) is 6. The molecule has 108 valence electrons. The third-order valence-electron chi connectivity index (χ3n) is 2.71. The van der Waals surface area contributed by atoms with Crippen LogP contribution in [0.1, 0.15) is 21.2 Å². The summed E-state index contributed by atoms with van der Waals surface area (Å²) in [7, 11) is 0. The molecule has 8 heteroatoms. The van der Waals surface area contributed by atoms with Gasteiger partial charge < -0.3 is 8.83 Å². The van der Waals surface area contributed by atoms with Crippen LogP contribution in [0.2, 0.25) is 4.34 Å². The molecule has 0 fully saturated rings. The van der Waals surface area contributed by atoms with Gasteiger partial charge in [-0.1, -0.05) is 16.7 Å². The molecule has 3 heterocycles. The fraction of sp³-hybridized carbons (Fsp3) is 0.154. The summed E-state index contributed by atoms with van der Waals surface area (Å²) in [6.07, 6.45) is 0. The fourth-order valence-corrected chi connectivity index (χ4v) is 2.76. The van der Waals surface area contributed by atoms with Crippen LogP contribution in [0, 0.1) is 13.8 Å². The number of hydrogen-bond donors (Lipinski definition) is 1. The quantitative estimate of drug-likeness (QED) is 0.790. The van der Waals surface area contributed by atoms with Gasteiger partial charge in [-0.25, -0.2) is 0 Å². The molecule has 0 saturated heterocycles. The second kappa shape index (κ2) is 5.34. The largest absolute Gasteiger partial charge is 0.466 e. The summed E-state index contributed by atoms with van der Waals surface area (Å²) in [6, 6.07) is 5.10. The lowest BCUT2D eigenvalue weighted by Crippen LogP contribution is -2.10. The molecule has 1 N–H and O–H groups in total. The predicted octanol–water partition coefficient (Wildman–Crippen LogP) is 3.91. The standard InChI is InChI=1S/C13H10ClN3O3S/c1-6-5-8(7(2)19-6)12-16-17-13(20-12)15-11(18)9-3-4-10(14)21-9/h3-5H,1-2H3,(H,15,17,18). The van der Waals surface area contributed by atoms with Crippen LogP contribution < -0.4 is 5.32 Å². The fourth-order valence-electron chi connectivity index (χ4n) is 1.82. The molecule has 0 radical (unpaired) electrons. The number of furan rings is 1. The second-order valence-electron chi connectivity index (χ2n) is 4.30. The minimum Gasteiger partial charge on any atom is -0.466 e. The smallest absolute Gasteiger partial charge is 0.322 e. The van der Waals surface area contributed by atoms with Gasteiger partial charge in [0, 0.05) is 0 Å². The lowest BCUT2D eigenvalue weighted by Gasteiger charge is -1.96. The van der Waals surface area contributed by atoms with Crippen molar-refractivity contribution < 1.29 is 13.6 Å². The summed E-state index contributed by atoms with van der Waals surface area (Å²) in [5.74, 6) is 1.38. The normalized spacial score (nSPS) is 10.8. The van der Waals surface area contributed by atoms with Crippen LogP contribution in [-0.4, -0.2) is 16.1 Å². The van der Waals surface area contributed by atoms with Gasteiger partial charge in [-0.15, -0.1) is 16.4 Å². The molecule has 0 spiro atoms. The van der Waals surface area contributed by atoms with Crippen LogP contribution in [0.5, 0.6) is 0 Å². The lowest BCUT2D eigenvalue weighted by molar-refractivity contribution is 0.102. The van der Waals surface area contributed by atoms with Gasteiger partial charge in [-0.05, 0) is 32.0 Å². The number of amides is 1. The van der Waals surface area contributed by atoms with E-state index in [0.29, 0.717) is 26.4 Å². The Morgan fingerprint density at radius 3 is 2.71 bits per heavy atom. The molecule has 0 saturated carbocycles. The molecule has 3 rings (SSSR count). The first-order chi connectivity index (χ1) is 10.0. The van der Waals surface area contributed by atoms with Crippen LogP contribution in [0.3, 0.4) is 0 Å². The Morgan fingerprint density at radius 1 is 1.29 bits per heavy atom. The van der Waals surface area contributed by atoms with E-state index in [4.69, 9.17) is 20.4 Å². The van der Waals surface area contributed by atoms with Crippen LogP contribution in [-0.2, 0) is 0 Å². The van der Waals surface area contributed by atoms with E-state index in [2.05, 4.69) is 15.5 Å². The average molecular weight is 324 g/mol. The maximum atomic E-state index is 11.9. The zero-order valence-electron chi connectivity index (χ0n) is 11.1. The van der Waals surface area contributed by atoms with Gasteiger partial charge in [0.05, 0.1) is 14.8 Å². The maximum Gasteiger partial charge on any atom is 0.322 e. The van der Waals surface area contributed by atoms with Gasteiger partial charge >= 0.3 is 6.01 Å². The molecule has 0 unspecified atom stereocenters. The van der Waals surface area contributed by atoms with Gasteiger partial charge in [-0.2, -0.15) is 0 Å². The van der Waals surface area contributed by atoms with Crippen LogP contribution in [0.4, 0.5) is 6.01 Å². The van der Waals surface area contributed by atoms with E-state index >= 15 is 0 Å². The second-order valence-corrected chi connectivity index (χ2v) is 6.01. The van der Waals surface area contributed by atoms with E-state index in [0.717, 1.165) is 5.76 Å². The first-order valence-corrected chi connectivity index (χ1v) is 7.20. The minimum absolute atomic E-state index is 0.0257. The molecule has 3 aromatic rings. The molecule has 0 aliphatic rings. The summed E-state index contributed by atoms with van der Waals surface area (Å²) in [6.45, 7) is 3.63. The highest BCUT2D eigenvalue weighted by molar-refractivity contribution is 7.18. The van der Waals surface area contributed by atoms with Crippen molar-refractivity contribution in [2.24, 2.45) is 0 Å². The third kappa shape index (κ3) is 2.84. The summed E-state index contributed by atoms with van der Waals surface area (Å²) in [5, 5.41) is 10.2. The number of anilines is 1. The Hall–Kier alpha value is -2.12. The van der Waals surface area contributed by atoms with Crippen molar-refractivity contribution in [3.63, 3.8) is 0 Å². The monoisotopic (exact) mass is 323 g/mol. The highest BCUT2D eigenvalue weighted by Crippen LogP contribution is 2.27. The van der Waals surface area contributed by atoms with Crippen molar-refractivity contribution in [2.75, 3.05) is 5.32 Å². The van der Waals surface area contributed by atoms with Gasteiger partial charge in [-0.3, -0.25) is 10.1 Å². The number of rotatable bonds is 3. The average Bonchev–Trinajstić information content (AvgIpc) is 3.10. The number of nitrogens with one attached hydrogen (secondary N) is 1. The Kier molecular flexibility index (Phi) is 3.52.